The first-order valence-corrected chi connectivity index (χ1v) is 6.28. The Labute approximate surface area is 107 Å². The summed E-state index contributed by atoms with van der Waals surface area (Å²) in [5, 5.41) is 0. The Morgan fingerprint density at radius 2 is 2.44 bits per heavy atom. The zero-order valence-electron chi connectivity index (χ0n) is 10.8. The number of aromatic nitrogens is 2. The summed E-state index contributed by atoms with van der Waals surface area (Å²) in [5.74, 6) is 0.781. The molecule has 0 amide bonds. The van der Waals surface area contributed by atoms with Gasteiger partial charge in [-0.05, 0) is 26.2 Å². The first kappa shape index (κ1) is 13.0. The van der Waals surface area contributed by atoms with Crippen molar-refractivity contribution >= 4 is 5.97 Å². The lowest BCUT2D eigenvalue weighted by Gasteiger charge is -2.09. The summed E-state index contributed by atoms with van der Waals surface area (Å²) in [7, 11) is 0. The standard InChI is InChI=1S/C13H18N2O3/c1-3-18-13(16)12-9(2)7-14-11(15-12)6-10-4-5-17-8-10/h7,10H,3-6,8H2,1-2H3. The molecule has 0 saturated carbocycles. The van der Waals surface area contributed by atoms with Gasteiger partial charge in [-0.15, -0.1) is 0 Å². The van der Waals surface area contributed by atoms with E-state index in [1.807, 2.05) is 6.92 Å². The highest BCUT2D eigenvalue weighted by atomic mass is 16.5. The van der Waals surface area contributed by atoms with E-state index >= 15 is 0 Å². The molecule has 2 heterocycles. The van der Waals surface area contributed by atoms with Gasteiger partial charge in [0, 0.05) is 31.4 Å². The average Bonchev–Trinajstić information content (AvgIpc) is 2.84. The SMILES string of the molecule is CCOC(=O)c1nc(CC2CCOC2)ncc1C. The summed E-state index contributed by atoms with van der Waals surface area (Å²) in [4.78, 5) is 20.3. The highest BCUT2D eigenvalue weighted by Gasteiger charge is 2.19. The molecule has 1 aromatic rings. The second kappa shape index (κ2) is 5.91. The van der Waals surface area contributed by atoms with E-state index in [-0.39, 0.29) is 5.97 Å². The molecular weight excluding hydrogens is 232 g/mol. The van der Waals surface area contributed by atoms with Crippen LogP contribution in [0.25, 0.3) is 0 Å². The topological polar surface area (TPSA) is 61.3 Å². The van der Waals surface area contributed by atoms with Crippen LogP contribution < -0.4 is 0 Å². The van der Waals surface area contributed by atoms with Gasteiger partial charge in [-0.1, -0.05) is 0 Å². The molecule has 0 N–H and O–H groups in total. The molecular formula is C13H18N2O3. The third-order valence-electron chi connectivity index (χ3n) is 2.99. The molecule has 0 spiro atoms. The summed E-state index contributed by atoms with van der Waals surface area (Å²) in [6, 6.07) is 0. The number of carbonyl (C=O) groups excluding carboxylic acids is 1. The van der Waals surface area contributed by atoms with Gasteiger partial charge in [0.2, 0.25) is 0 Å². The van der Waals surface area contributed by atoms with Crippen LogP contribution in [-0.4, -0.2) is 35.8 Å². The van der Waals surface area contributed by atoms with Crippen LogP contribution in [0.15, 0.2) is 6.20 Å². The van der Waals surface area contributed by atoms with Crippen molar-refractivity contribution in [2.24, 2.45) is 5.92 Å². The molecule has 0 radical (unpaired) electrons. The smallest absolute Gasteiger partial charge is 0.357 e. The number of rotatable bonds is 4. The van der Waals surface area contributed by atoms with E-state index in [0.29, 0.717) is 24.0 Å². The van der Waals surface area contributed by atoms with Gasteiger partial charge in [0.15, 0.2) is 5.69 Å². The monoisotopic (exact) mass is 250 g/mol. The molecule has 98 valence electrons. The molecule has 18 heavy (non-hydrogen) atoms. The molecule has 0 aliphatic carbocycles. The molecule has 0 bridgehead atoms. The van der Waals surface area contributed by atoms with E-state index in [1.54, 1.807) is 13.1 Å². The Bertz CT molecular complexity index is 428. The largest absolute Gasteiger partial charge is 0.461 e. The molecule has 1 saturated heterocycles. The summed E-state index contributed by atoms with van der Waals surface area (Å²) in [6.07, 6.45) is 3.48. The van der Waals surface area contributed by atoms with Crippen LogP contribution in [0.2, 0.25) is 0 Å². The van der Waals surface area contributed by atoms with E-state index in [2.05, 4.69) is 9.97 Å². The van der Waals surface area contributed by atoms with Crippen molar-refractivity contribution in [3.63, 3.8) is 0 Å². The normalized spacial score (nSPS) is 18.9. The van der Waals surface area contributed by atoms with Crippen LogP contribution >= 0.6 is 0 Å². The predicted molar refractivity (Wildman–Crippen MR) is 65.4 cm³/mol. The lowest BCUT2D eigenvalue weighted by molar-refractivity contribution is 0.0518. The van der Waals surface area contributed by atoms with Crippen LogP contribution in [0.1, 0.15) is 35.2 Å². The van der Waals surface area contributed by atoms with Gasteiger partial charge in [0.1, 0.15) is 5.82 Å². The van der Waals surface area contributed by atoms with Crippen LogP contribution in [0.5, 0.6) is 0 Å². The molecule has 1 atom stereocenters. The van der Waals surface area contributed by atoms with Crippen LogP contribution in [-0.2, 0) is 15.9 Å². The lowest BCUT2D eigenvalue weighted by atomic mass is 10.0. The fourth-order valence-corrected chi connectivity index (χ4v) is 1.99. The number of carbonyl (C=O) groups is 1. The van der Waals surface area contributed by atoms with Crippen molar-refractivity contribution in [3.05, 3.63) is 23.3 Å². The summed E-state index contributed by atoms with van der Waals surface area (Å²) < 4.78 is 10.3. The maximum atomic E-state index is 11.7. The zero-order valence-corrected chi connectivity index (χ0v) is 10.8. The van der Waals surface area contributed by atoms with E-state index < -0.39 is 0 Å². The van der Waals surface area contributed by atoms with Crippen LogP contribution in [0, 0.1) is 12.8 Å². The van der Waals surface area contributed by atoms with Crippen molar-refractivity contribution in [3.8, 4) is 0 Å². The lowest BCUT2D eigenvalue weighted by Crippen LogP contribution is -2.14. The van der Waals surface area contributed by atoms with Crippen molar-refractivity contribution < 1.29 is 14.3 Å². The quantitative estimate of drug-likeness (QED) is 0.758. The number of hydrogen-bond acceptors (Lipinski definition) is 5. The van der Waals surface area contributed by atoms with E-state index in [0.717, 1.165) is 31.6 Å². The summed E-state index contributed by atoms with van der Waals surface area (Å²) >= 11 is 0. The maximum Gasteiger partial charge on any atom is 0.357 e. The fraction of sp³-hybridized carbons (Fsp3) is 0.615. The molecule has 1 aliphatic rings. The Morgan fingerprint density at radius 3 is 3.11 bits per heavy atom. The number of aryl methyl sites for hydroxylation is 1. The first-order chi connectivity index (χ1) is 8.70. The van der Waals surface area contributed by atoms with Crippen molar-refractivity contribution in [2.45, 2.75) is 26.7 Å². The van der Waals surface area contributed by atoms with Crippen LogP contribution in [0.3, 0.4) is 0 Å². The molecule has 1 aliphatic heterocycles. The Hall–Kier alpha value is -1.49. The maximum absolute atomic E-state index is 11.7. The highest BCUT2D eigenvalue weighted by molar-refractivity contribution is 5.88. The van der Waals surface area contributed by atoms with Crippen molar-refractivity contribution in [2.75, 3.05) is 19.8 Å². The highest BCUT2D eigenvalue weighted by Crippen LogP contribution is 2.17. The van der Waals surface area contributed by atoms with E-state index in [4.69, 9.17) is 9.47 Å². The van der Waals surface area contributed by atoms with E-state index in [9.17, 15) is 4.79 Å². The third kappa shape index (κ3) is 3.04. The number of ether oxygens (including phenoxy) is 2. The minimum Gasteiger partial charge on any atom is -0.461 e. The van der Waals surface area contributed by atoms with Crippen molar-refractivity contribution in [1.82, 2.24) is 9.97 Å². The number of nitrogens with zero attached hydrogens (tertiary/aromatic N) is 2. The van der Waals surface area contributed by atoms with Crippen molar-refractivity contribution in [1.29, 1.82) is 0 Å². The number of esters is 1. The zero-order chi connectivity index (χ0) is 13.0. The van der Waals surface area contributed by atoms with Gasteiger partial charge in [-0.3, -0.25) is 0 Å². The van der Waals surface area contributed by atoms with E-state index in [1.165, 1.54) is 0 Å². The number of hydrogen-bond donors (Lipinski definition) is 0. The van der Waals surface area contributed by atoms with Gasteiger partial charge in [0.05, 0.1) is 6.61 Å². The average molecular weight is 250 g/mol. The molecule has 1 fully saturated rings. The first-order valence-electron chi connectivity index (χ1n) is 6.28. The molecule has 1 aromatic heterocycles. The summed E-state index contributed by atoms with van der Waals surface area (Å²) in [6.45, 7) is 5.52. The van der Waals surface area contributed by atoms with Crippen LogP contribution in [0.4, 0.5) is 0 Å². The Kier molecular flexibility index (Phi) is 4.25. The Balaban J connectivity index is 2.12. The van der Waals surface area contributed by atoms with Gasteiger partial charge in [-0.25, -0.2) is 14.8 Å². The molecule has 2 rings (SSSR count). The minimum atomic E-state index is -0.374. The molecule has 5 heteroatoms. The second-order valence-corrected chi connectivity index (χ2v) is 4.47. The Morgan fingerprint density at radius 1 is 1.61 bits per heavy atom. The van der Waals surface area contributed by atoms with Gasteiger partial charge in [0.25, 0.3) is 0 Å². The van der Waals surface area contributed by atoms with Gasteiger partial charge in [-0.2, -0.15) is 0 Å². The third-order valence-corrected chi connectivity index (χ3v) is 2.99. The van der Waals surface area contributed by atoms with Gasteiger partial charge >= 0.3 is 5.97 Å². The molecule has 1 unspecified atom stereocenters. The predicted octanol–water partition coefficient (Wildman–Crippen LogP) is 1.54. The van der Waals surface area contributed by atoms with Gasteiger partial charge < -0.3 is 9.47 Å². The second-order valence-electron chi connectivity index (χ2n) is 4.47. The molecule has 5 nitrogen and oxygen atoms in total. The molecule has 0 aromatic carbocycles. The fourth-order valence-electron chi connectivity index (χ4n) is 1.99. The minimum absolute atomic E-state index is 0.355. The summed E-state index contributed by atoms with van der Waals surface area (Å²) in [5.41, 5.74) is 1.13.